The van der Waals surface area contributed by atoms with Crippen molar-refractivity contribution in [1.29, 1.82) is 0 Å². The third kappa shape index (κ3) is 3.59. The maximum atomic E-state index is 11.8. The molecule has 2 aromatic rings. The molecule has 1 aromatic carbocycles. The van der Waals surface area contributed by atoms with Crippen molar-refractivity contribution < 1.29 is 9.15 Å². The molecule has 0 spiro atoms. The Hall–Kier alpha value is -1.84. The third-order valence-electron chi connectivity index (χ3n) is 3.31. The number of hydrogen-bond acceptors (Lipinski definition) is 4. The molecule has 1 heterocycles. The second kappa shape index (κ2) is 7.08. The first-order valence-electron chi connectivity index (χ1n) is 7.31. The Balaban J connectivity index is 2.12. The molecule has 4 nitrogen and oxygen atoms in total. The summed E-state index contributed by atoms with van der Waals surface area (Å²) in [5.74, 6) is 0. The van der Waals surface area contributed by atoms with Crippen LogP contribution < -0.4 is 10.4 Å². The molecule has 0 bridgehead atoms. The largest absolute Gasteiger partial charge is 0.450 e. The Morgan fingerprint density at radius 2 is 2.05 bits per heavy atom. The van der Waals surface area contributed by atoms with Gasteiger partial charge in [-0.05, 0) is 30.5 Å². The highest BCUT2D eigenvalue weighted by atomic mass is 16.6. The van der Waals surface area contributed by atoms with Gasteiger partial charge in [0.1, 0.15) is 0 Å². The first kappa shape index (κ1) is 14.6. The fourth-order valence-corrected chi connectivity index (χ4v) is 2.07. The lowest BCUT2D eigenvalue weighted by atomic mass is 10.1. The van der Waals surface area contributed by atoms with Gasteiger partial charge in [-0.2, -0.15) is 4.98 Å². The maximum Gasteiger partial charge on any atom is 0.397 e. The number of nitrogens with zero attached hydrogens (tertiary/aromatic N) is 1. The first-order valence-corrected chi connectivity index (χ1v) is 7.31. The highest BCUT2D eigenvalue weighted by Crippen LogP contribution is 2.15. The van der Waals surface area contributed by atoms with E-state index in [1.807, 2.05) is 12.1 Å². The van der Waals surface area contributed by atoms with E-state index >= 15 is 0 Å². The summed E-state index contributed by atoms with van der Waals surface area (Å²) in [7, 11) is 0. The van der Waals surface area contributed by atoms with Gasteiger partial charge in [-0.1, -0.05) is 39.2 Å². The standard InChI is InChI=1S/C16H21NO3/c1-3-5-6-7-10-19-16-17-14-11-12(4-2)8-9-13(14)15(18)20-16/h8-9,11H,3-7,10H2,1-2H3. The molecule has 4 heteroatoms. The minimum atomic E-state index is -0.388. The lowest BCUT2D eigenvalue weighted by Gasteiger charge is -2.05. The fourth-order valence-electron chi connectivity index (χ4n) is 2.07. The summed E-state index contributed by atoms with van der Waals surface area (Å²) < 4.78 is 10.5. The van der Waals surface area contributed by atoms with E-state index in [9.17, 15) is 4.79 Å². The van der Waals surface area contributed by atoms with Crippen molar-refractivity contribution >= 4 is 10.9 Å². The summed E-state index contributed by atoms with van der Waals surface area (Å²) in [4.78, 5) is 16.1. The van der Waals surface area contributed by atoms with Crippen LogP contribution in [0.5, 0.6) is 6.08 Å². The van der Waals surface area contributed by atoms with Crippen LogP contribution in [0.2, 0.25) is 0 Å². The highest BCUT2D eigenvalue weighted by molar-refractivity contribution is 5.77. The van der Waals surface area contributed by atoms with Gasteiger partial charge in [-0.3, -0.25) is 0 Å². The van der Waals surface area contributed by atoms with E-state index < -0.39 is 0 Å². The van der Waals surface area contributed by atoms with E-state index in [1.54, 1.807) is 6.07 Å². The zero-order valence-electron chi connectivity index (χ0n) is 12.1. The van der Waals surface area contributed by atoms with Gasteiger partial charge >= 0.3 is 11.7 Å². The minimum Gasteiger partial charge on any atom is -0.450 e. The van der Waals surface area contributed by atoms with Gasteiger partial charge in [0, 0.05) is 0 Å². The fraction of sp³-hybridized carbons (Fsp3) is 0.500. The number of benzene rings is 1. The molecule has 0 aliphatic carbocycles. The van der Waals surface area contributed by atoms with E-state index in [0.717, 1.165) is 24.8 Å². The molecule has 0 fully saturated rings. The molecule has 0 radical (unpaired) electrons. The van der Waals surface area contributed by atoms with Crippen LogP contribution in [0.15, 0.2) is 27.4 Å². The molecule has 0 saturated carbocycles. The predicted octanol–water partition coefficient (Wildman–Crippen LogP) is 3.71. The maximum absolute atomic E-state index is 11.8. The molecule has 2 rings (SSSR count). The summed E-state index contributed by atoms with van der Waals surface area (Å²) in [6.07, 6.45) is 5.43. The van der Waals surface area contributed by atoms with Gasteiger partial charge in [-0.15, -0.1) is 0 Å². The number of unbranched alkanes of at least 4 members (excludes halogenated alkanes) is 3. The van der Waals surface area contributed by atoms with Crippen LogP contribution in [0.3, 0.4) is 0 Å². The number of rotatable bonds is 7. The number of aryl methyl sites for hydroxylation is 1. The van der Waals surface area contributed by atoms with Crippen molar-refractivity contribution in [1.82, 2.24) is 4.98 Å². The molecule has 0 saturated heterocycles. The molecule has 0 aliphatic rings. The molecule has 0 N–H and O–H groups in total. The summed E-state index contributed by atoms with van der Waals surface area (Å²) in [6, 6.07) is 5.60. The quantitative estimate of drug-likeness (QED) is 0.723. The molecular formula is C16H21NO3. The number of ether oxygens (including phenoxy) is 1. The Morgan fingerprint density at radius 1 is 1.20 bits per heavy atom. The monoisotopic (exact) mass is 275 g/mol. The van der Waals surface area contributed by atoms with Crippen LogP contribution in [-0.2, 0) is 6.42 Å². The van der Waals surface area contributed by atoms with Crippen molar-refractivity contribution in [3.8, 4) is 6.08 Å². The van der Waals surface area contributed by atoms with E-state index in [4.69, 9.17) is 9.15 Å². The summed E-state index contributed by atoms with van der Waals surface area (Å²) in [5.41, 5.74) is 1.40. The third-order valence-corrected chi connectivity index (χ3v) is 3.31. The van der Waals surface area contributed by atoms with Gasteiger partial charge in [-0.25, -0.2) is 4.79 Å². The van der Waals surface area contributed by atoms with Crippen molar-refractivity contribution in [3.05, 3.63) is 34.2 Å². The first-order chi connectivity index (χ1) is 9.74. The molecule has 108 valence electrons. The van der Waals surface area contributed by atoms with E-state index in [0.29, 0.717) is 17.5 Å². The van der Waals surface area contributed by atoms with Crippen LogP contribution in [0.1, 0.15) is 45.1 Å². The SMILES string of the molecule is CCCCCCOc1nc2cc(CC)ccc2c(=O)o1. The average molecular weight is 275 g/mol. The van der Waals surface area contributed by atoms with E-state index in [2.05, 4.69) is 18.8 Å². The van der Waals surface area contributed by atoms with Crippen molar-refractivity contribution in [2.75, 3.05) is 6.61 Å². The topological polar surface area (TPSA) is 52.3 Å². The molecule has 0 unspecified atom stereocenters. The van der Waals surface area contributed by atoms with Gasteiger partial charge < -0.3 is 9.15 Å². The second-order valence-electron chi connectivity index (χ2n) is 4.88. The van der Waals surface area contributed by atoms with Gasteiger partial charge in [0.05, 0.1) is 17.5 Å². The Bertz CT molecular complexity index is 619. The van der Waals surface area contributed by atoms with Crippen molar-refractivity contribution in [3.63, 3.8) is 0 Å². The zero-order valence-corrected chi connectivity index (χ0v) is 12.1. The Labute approximate surface area is 118 Å². The second-order valence-corrected chi connectivity index (χ2v) is 4.88. The lowest BCUT2D eigenvalue weighted by Crippen LogP contribution is -2.06. The van der Waals surface area contributed by atoms with Crippen LogP contribution in [0.4, 0.5) is 0 Å². The number of fused-ring (bicyclic) bond motifs is 1. The summed E-state index contributed by atoms with van der Waals surface area (Å²) in [6.45, 7) is 4.77. The normalized spacial score (nSPS) is 10.9. The zero-order chi connectivity index (χ0) is 14.4. The predicted molar refractivity (Wildman–Crippen MR) is 79.3 cm³/mol. The van der Waals surface area contributed by atoms with Crippen LogP contribution in [0, 0.1) is 0 Å². The molecule has 0 aliphatic heterocycles. The van der Waals surface area contributed by atoms with Crippen LogP contribution >= 0.6 is 0 Å². The molecular weight excluding hydrogens is 254 g/mol. The van der Waals surface area contributed by atoms with Gasteiger partial charge in [0.15, 0.2) is 0 Å². The van der Waals surface area contributed by atoms with Crippen LogP contribution in [0.25, 0.3) is 10.9 Å². The molecule has 1 aromatic heterocycles. The van der Waals surface area contributed by atoms with E-state index in [1.165, 1.54) is 12.8 Å². The van der Waals surface area contributed by atoms with Crippen molar-refractivity contribution in [2.45, 2.75) is 46.0 Å². The number of hydrogen-bond donors (Lipinski definition) is 0. The molecule has 0 amide bonds. The number of aromatic nitrogens is 1. The Kier molecular flexibility index (Phi) is 5.16. The van der Waals surface area contributed by atoms with Crippen LogP contribution in [-0.4, -0.2) is 11.6 Å². The van der Waals surface area contributed by atoms with Gasteiger partial charge in [0.2, 0.25) is 0 Å². The smallest absolute Gasteiger partial charge is 0.397 e. The average Bonchev–Trinajstić information content (AvgIpc) is 2.46. The van der Waals surface area contributed by atoms with Gasteiger partial charge in [0.25, 0.3) is 0 Å². The summed E-state index contributed by atoms with van der Waals surface area (Å²) in [5, 5.41) is 0.500. The lowest BCUT2D eigenvalue weighted by molar-refractivity contribution is 0.211. The molecule has 0 atom stereocenters. The minimum absolute atomic E-state index is 0.0762. The highest BCUT2D eigenvalue weighted by Gasteiger charge is 2.07. The molecule has 20 heavy (non-hydrogen) atoms. The van der Waals surface area contributed by atoms with Crippen molar-refractivity contribution in [2.24, 2.45) is 0 Å². The Morgan fingerprint density at radius 3 is 2.80 bits per heavy atom. The van der Waals surface area contributed by atoms with E-state index in [-0.39, 0.29) is 11.7 Å². The summed E-state index contributed by atoms with van der Waals surface area (Å²) >= 11 is 0.